The predicted octanol–water partition coefficient (Wildman–Crippen LogP) is 3.09. The van der Waals surface area contributed by atoms with Crippen molar-refractivity contribution in [1.29, 1.82) is 0 Å². The van der Waals surface area contributed by atoms with Crippen molar-refractivity contribution < 1.29 is 19.0 Å². The number of ether oxygens (including phenoxy) is 2. The van der Waals surface area contributed by atoms with Crippen LogP contribution in [0.1, 0.15) is 19.8 Å². The molecule has 0 spiro atoms. The number of anilines is 1. The Morgan fingerprint density at radius 2 is 2.05 bits per heavy atom. The first kappa shape index (κ1) is 18.2. The van der Waals surface area contributed by atoms with E-state index in [1.165, 1.54) is 18.2 Å². The third kappa shape index (κ3) is 8.21. The van der Waals surface area contributed by atoms with Crippen molar-refractivity contribution in [3.8, 4) is 0 Å². The van der Waals surface area contributed by atoms with Crippen molar-refractivity contribution in [2.45, 2.75) is 25.9 Å². The first-order valence-electron chi connectivity index (χ1n) is 7.16. The third-order valence-electron chi connectivity index (χ3n) is 2.78. The largest absolute Gasteiger partial charge is 0.389 e. The van der Waals surface area contributed by atoms with E-state index in [1.54, 1.807) is 0 Å². The predicted molar refractivity (Wildman–Crippen MR) is 82.5 cm³/mol. The van der Waals surface area contributed by atoms with Gasteiger partial charge in [0.15, 0.2) is 0 Å². The monoisotopic (exact) mass is 319 g/mol. The molecule has 0 amide bonds. The molecule has 1 atom stereocenters. The van der Waals surface area contributed by atoms with Crippen LogP contribution in [0.3, 0.4) is 0 Å². The number of halogens is 2. The summed E-state index contributed by atoms with van der Waals surface area (Å²) >= 11 is 5.78. The van der Waals surface area contributed by atoms with Crippen LogP contribution < -0.4 is 5.32 Å². The topological polar surface area (TPSA) is 50.7 Å². The van der Waals surface area contributed by atoms with Crippen LogP contribution in [0.15, 0.2) is 18.2 Å². The number of rotatable bonds is 11. The average Bonchev–Trinajstić information content (AvgIpc) is 2.47. The van der Waals surface area contributed by atoms with Crippen LogP contribution in [0, 0.1) is 5.82 Å². The van der Waals surface area contributed by atoms with Gasteiger partial charge in [-0.2, -0.15) is 0 Å². The van der Waals surface area contributed by atoms with Gasteiger partial charge in [0.05, 0.1) is 31.6 Å². The quantitative estimate of drug-likeness (QED) is 0.615. The molecule has 2 N–H and O–H groups in total. The van der Waals surface area contributed by atoms with Gasteiger partial charge in [-0.05, 0) is 24.6 Å². The molecule has 1 aromatic rings. The van der Waals surface area contributed by atoms with Gasteiger partial charge in [0, 0.05) is 18.2 Å². The zero-order valence-corrected chi connectivity index (χ0v) is 13.0. The molecule has 0 fully saturated rings. The minimum Gasteiger partial charge on any atom is -0.389 e. The molecule has 21 heavy (non-hydrogen) atoms. The van der Waals surface area contributed by atoms with Gasteiger partial charge in [-0.15, -0.1) is 0 Å². The molecule has 0 aliphatic carbocycles. The Labute approximate surface area is 130 Å². The first-order valence-corrected chi connectivity index (χ1v) is 7.53. The first-order chi connectivity index (χ1) is 10.1. The van der Waals surface area contributed by atoms with Crippen molar-refractivity contribution in [2.75, 3.05) is 38.3 Å². The van der Waals surface area contributed by atoms with Crippen molar-refractivity contribution in [1.82, 2.24) is 0 Å². The van der Waals surface area contributed by atoms with E-state index in [0.717, 1.165) is 19.4 Å². The second kappa shape index (κ2) is 10.8. The maximum absolute atomic E-state index is 13.4. The van der Waals surface area contributed by atoms with Crippen molar-refractivity contribution in [3.63, 3.8) is 0 Å². The molecule has 0 aliphatic heterocycles. The van der Waals surface area contributed by atoms with E-state index in [0.29, 0.717) is 18.2 Å². The molecule has 0 bridgehead atoms. The maximum Gasteiger partial charge on any atom is 0.146 e. The number of nitrogens with one attached hydrogen (secondary N) is 1. The van der Waals surface area contributed by atoms with Crippen molar-refractivity contribution in [2.24, 2.45) is 0 Å². The SMILES string of the molecule is CCCCOCCOCC(O)CNc1cc(Cl)ccc1F. The Kier molecular flexibility index (Phi) is 9.34. The van der Waals surface area contributed by atoms with E-state index < -0.39 is 11.9 Å². The molecule has 0 saturated carbocycles. The van der Waals surface area contributed by atoms with Gasteiger partial charge >= 0.3 is 0 Å². The van der Waals surface area contributed by atoms with Crippen molar-refractivity contribution in [3.05, 3.63) is 29.0 Å². The molecule has 0 aliphatic rings. The molecule has 0 radical (unpaired) electrons. The summed E-state index contributed by atoms with van der Waals surface area (Å²) < 4.78 is 24.0. The van der Waals surface area contributed by atoms with Crippen LogP contribution in [0.25, 0.3) is 0 Å². The number of hydrogen-bond acceptors (Lipinski definition) is 4. The fourth-order valence-corrected chi connectivity index (χ4v) is 1.78. The van der Waals surface area contributed by atoms with Crippen LogP contribution in [0.4, 0.5) is 10.1 Å². The summed E-state index contributed by atoms with van der Waals surface area (Å²) in [7, 11) is 0. The van der Waals surface area contributed by atoms with Gasteiger partial charge in [0.2, 0.25) is 0 Å². The summed E-state index contributed by atoms with van der Waals surface area (Å²) in [4.78, 5) is 0. The van der Waals surface area contributed by atoms with Gasteiger partial charge in [0.1, 0.15) is 5.82 Å². The average molecular weight is 320 g/mol. The molecular formula is C15H23ClFNO3. The Balaban J connectivity index is 2.11. The lowest BCUT2D eigenvalue weighted by Crippen LogP contribution is -2.26. The lowest BCUT2D eigenvalue weighted by molar-refractivity contribution is 0.00748. The Bertz CT molecular complexity index is 407. The summed E-state index contributed by atoms with van der Waals surface area (Å²) in [5.41, 5.74) is 0.268. The number of aliphatic hydroxyl groups excluding tert-OH is 1. The van der Waals surface area contributed by atoms with E-state index in [4.69, 9.17) is 21.1 Å². The Hall–Kier alpha value is -0.880. The van der Waals surface area contributed by atoms with Crippen LogP contribution in [0.5, 0.6) is 0 Å². The standard InChI is InChI=1S/C15H23ClFNO3/c1-2-3-6-20-7-8-21-11-13(19)10-18-15-9-12(16)4-5-14(15)17/h4-5,9,13,18-19H,2-3,6-8,10-11H2,1H3. The van der Waals surface area contributed by atoms with E-state index in [1.807, 2.05) is 0 Å². The lowest BCUT2D eigenvalue weighted by Gasteiger charge is -2.14. The Morgan fingerprint density at radius 3 is 2.81 bits per heavy atom. The molecule has 1 aromatic carbocycles. The minimum absolute atomic E-state index is 0.173. The fraction of sp³-hybridized carbons (Fsp3) is 0.600. The second-order valence-electron chi connectivity index (χ2n) is 4.70. The summed E-state index contributed by atoms with van der Waals surface area (Å²) in [6.07, 6.45) is 1.42. The number of benzene rings is 1. The molecular weight excluding hydrogens is 297 g/mol. The number of unbranched alkanes of at least 4 members (excludes halogenated alkanes) is 1. The summed E-state index contributed by atoms with van der Waals surface area (Å²) in [5.74, 6) is -0.406. The molecule has 1 rings (SSSR count). The smallest absolute Gasteiger partial charge is 0.146 e. The summed E-state index contributed by atoms with van der Waals surface area (Å²) in [6, 6.07) is 4.23. The van der Waals surface area contributed by atoms with Gasteiger partial charge in [0.25, 0.3) is 0 Å². The van der Waals surface area contributed by atoms with E-state index >= 15 is 0 Å². The summed E-state index contributed by atoms with van der Waals surface area (Å²) in [6.45, 7) is 4.15. The molecule has 0 saturated heterocycles. The Morgan fingerprint density at radius 1 is 1.29 bits per heavy atom. The van der Waals surface area contributed by atoms with Crippen LogP contribution >= 0.6 is 11.6 Å². The second-order valence-corrected chi connectivity index (χ2v) is 5.14. The molecule has 1 unspecified atom stereocenters. The maximum atomic E-state index is 13.4. The molecule has 0 heterocycles. The minimum atomic E-state index is -0.723. The van der Waals surface area contributed by atoms with Gasteiger partial charge in [-0.1, -0.05) is 24.9 Å². The van der Waals surface area contributed by atoms with E-state index in [9.17, 15) is 9.50 Å². The lowest BCUT2D eigenvalue weighted by atomic mass is 10.3. The van der Waals surface area contributed by atoms with Crippen LogP contribution in [0.2, 0.25) is 5.02 Å². The van der Waals surface area contributed by atoms with Crippen molar-refractivity contribution >= 4 is 17.3 Å². The van der Waals surface area contributed by atoms with Gasteiger partial charge < -0.3 is 19.9 Å². The normalized spacial score (nSPS) is 12.4. The zero-order chi connectivity index (χ0) is 15.5. The highest BCUT2D eigenvalue weighted by Crippen LogP contribution is 2.19. The van der Waals surface area contributed by atoms with Crippen LogP contribution in [-0.4, -0.2) is 44.2 Å². The molecule has 6 heteroatoms. The molecule has 120 valence electrons. The van der Waals surface area contributed by atoms with E-state index in [-0.39, 0.29) is 18.8 Å². The highest BCUT2D eigenvalue weighted by Gasteiger charge is 2.07. The van der Waals surface area contributed by atoms with Gasteiger partial charge in [-0.3, -0.25) is 0 Å². The molecule has 4 nitrogen and oxygen atoms in total. The number of hydrogen-bond donors (Lipinski definition) is 2. The third-order valence-corrected chi connectivity index (χ3v) is 3.02. The van der Waals surface area contributed by atoms with Gasteiger partial charge in [-0.25, -0.2) is 4.39 Å². The van der Waals surface area contributed by atoms with E-state index in [2.05, 4.69) is 12.2 Å². The number of aliphatic hydroxyl groups is 1. The molecule has 0 aromatic heterocycles. The highest BCUT2D eigenvalue weighted by atomic mass is 35.5. The van der Waals surface area contributed by atoms with Crippen LogP contribution in [-0.2, 0) is 9.47 Å². The zero-order valence-electron chi connectivity index (χ0n) is 12.3. The summed E-state index contributed by atoms with van der Waals surface area (Å²) in [5, 5.41) is 13.0. The fourth-order valence-electron chi connectivity index (χ4n) is 1.61. The highest BCUT2D eigenvalue weighted by molar-refractivity contribution is 6.30.